The van der Waals surface area contributed by atoms with Gasteiger partial charge in [0, 0.05) is 6.54 Å². The van der Waals surface area contributed by atoms with Gasteiger partial charge in [-0.1, -0.05) is 79.3 Å². The van der Waals surface area contributed by atoms with Crippen LogP contribution in [0.2, 0.25) is 0 Å². The van der Waals surface area contributed by atoms with Gasteiger partial charge < -0.3 is 4.74 Å². The molecule has 27 heavy (non-hydrogen) atoms. The second-order valence-electron chi connectivity index (χ2n) is 6.53. The monoisotopic (exact) mass is 397 g/mol. The summed E-state index contributed by atoms with van der Waals surface area (Å²) in [5, 5.41) is 0. The number of benzene rings is 2. The third kappa shape index (κ3) is 5.21. The third-order valence-electron chi connectivity index (χ3n) is 4.29. The van der Waals surface area contributed by atoms with Crippen molar-refractivity contribution in [2.24, 2.45) is 0 Å². The number of carbonyl (C=O) groups is 1. The molecule has 0 atom stereocenters. The highest BCUT2D eigenvalue weighted by Crippen LogP contribution is 2.33. The molecule has 0 spiro atoms. The van der Waals surface area contributed by atoms with Gasteiger partial charge in [-0.2, -0.15) is 0 Å². The fraction of sp³-hybridized carbons (Fsp3) is 0.273. The molecule has 2 aromatic rings. The predicted octanol–water partition coefficient (Wildman–Crippen LogP) is 5.58. The highest BCUT2D eigenvalue weighted by Gasteiger charge is 2.31. The maximum atomic E-state index is 12.6. The molecule has 1 fully saturated rings. The maximum Gasteiger partial charge on any atom is 0.266 e. The van der Waals surface area contributed by atoms with E-state index >= 15 is 0 Å². The molecule has 0 saturated carbocycles. The average molecular weight is 398 g/mol. The molecule has 140 valence electrons. The van der Waals surface area contributed by atoms with Crippen molar-refractivity contribution in [3.63, 3.8) is 0 Å². The van der Waals surface area contributed by atoms with Gasteiger partial charge >= 0.3 is 0 Å². The molecular weight excluding hydrogens is 374 g/mol. The van der Waals surface area contributed by atoms with E-state index in [0.29, 0.717) is 22.4 Å². The molecule has 0 aliphatic carbocycles. The van der Waals surface area contributed by atoms with E-state index in [1.165, 1.54) is 17.3 Å². The lowest BCUT2D eigenvalue weighted by Crippen LogP contribution is -2.28. The summed E-state index contributed by atoms with van der Waals surface area (Å²) in [5.74, 6) is 0.787. The van der Waals surface area contributed by atoms with Crippen molar-refractivity contribution in [3.05, 3.63) is 70.1 Å². The second-order valence-corrected chi connectivity index (χ2v) is 8.21. The minimum absolute atomic E-state index is 0.00410. The SMILES string of the molecule is CCCCN1C(=O)/C(=C\c2cccc(OCc3ccc(C)cc3)c2)SC1=S. The van der Waals surface area contributed by atoms with Crippen LogP contribution >= 0.6 is 24.0 Å². The Morgan fingerprint density at radius 1 is 1.19 bits per heavy atom. The van der Waals surface area contributed by atoms with Crippen molar-refractivity contribution in [2.75, 3.05) is 6.54 Å². The molecule has 5 heteroatoms. The number of rotatable bonds is 7. The summed E-state index contributed by atoms with van der Waals surface area (Å²) >= 11 is 6.73. The van der Waals surface area contributed by atoms with E-state index in [4.69, 9.17) is 17.0 Å². The van der Waals surface area contributed by atoms with E-state index in [1.54, 1.807) is 4.90 Å². The van der Waals surface area contributed by atoms with Crippen LogP contribution in [0.5, 0.6) is 5.75 Å². The molecule has 0 radical (unpaired) electrons. The molecule has 3 nitrogen and oxygen atoms in total. The van der Waals surface area contributed by atoms with Gasteiger partial charge in [-0.15, -0.1) is 0 Å². The topological polar surface area (TPSA) is 29.5 Å². The van der Waals surface area contributed by atoms with Crippen LogP contribution in [-0.4, -0.2) is 21.7 Å². The summed E-state index contributed by atoms with van der Waals surface area (Å²) in [5.41, 5.74) is 3.30. The van der Waals surface area contributed by atoms with Crippen molar-refractivity contribution in [1.82, 2.24) is 4.90 Å². The average Bonchev–Trinajstić information content (AvgIpc) is 2.93. The van der Waals surface area contributed by atoms with E-state index in [1.807, 2.05) is 30.3 Å². The van der Waals surface area contributed by atoms with Crippen LogP contribution < -0.4 is 4.74 Å². The predicted molar refractivity (Wildman–Crippen MR) is 117 cm³/mol. The van der Waals surface area contributed by atoms with Crippen LogP contribution in [0.25, 0.3) is 6.08 Å². The molecule has 1 heterocycles. The Morgan fingerprint density at radius 3 is 2.70 bits per heavy atom. The van der Waals surface area contributed by atoms with Crippen LogP contribution in [0.15, 0.2) is 53.4 Å². The van der Waals surface area contributed by atoms with Crippen LogP contribution in [-0.2, 0) is 11.4 Å². The Labute approximate surface area is 170 Å². The van der Waals surface area contributed by atoms with Crippen LogP contribution in [0.3, 0.4) is 0 Å². The van der Waals surface area contributed by atoms with Crippen LogP contribution in [0.1, 0.15) is 36.5 Å². The van der Waals surface area contributed by atoms with Crippen molar-refractivity contribution in [2.45, 2.75) is 33.3 Å². The molecule has 1 saturated heterocycles. The molecule has 0 bridgehead atoms. The zero-order valence-electron chi connectivity index (χ0n) is 15.6. The van der Waals surface area contributed by atoms with Gasteiger partial charge in [0.1, 0.15) is 16.7 Å². The minimum Gasteiger partial charge on any atom is -0.489 e. The lowest BCUT2D eigenvalue weighted by molar-refractivity contribution is -0.122. The number of unbranched alkanes of at least 4 members (excludes halogenated alkanes) is 1. The zero-order chi connectivity index (χ0) is 19.2. The Hall–Kier alpha value is -2.11. The van der Waals surface area contributed by atoms with Gasteiger partial charge in [0.2, 0.25) is 0 Å². The van der Waals surface area contributed by atoms with E-state index in [9.17, 15) is 4.79 Å². The fourth-order valence-electron chi connectivity index (χ4n) is 2.71. The Balaban J connectivity index is 1.68. The highest BCUT2D eigenvalue weighted by molar-refractivity contribution is 8.26. The Morgan fingerprint density at radius 2 is 1.96 bits per heavy atom. The first-order valence-corrected chi connectivity index (χ1v) is 10.3. The molecule has 0 unspecified atom stereocenters. The van der Waals surface area contributed by atoms with Gasteiger partial charge in [-0.05, 0) is 42.7 Å². The van der Waals surface area contributed by atoms with Gasteiger partial charge in [0.05, 0.1) is 4.91 Å². The lowest BCUT2D eigenvalue weighted by Gasteiger charge is -2.13. The Kier molecular flexibility index (Phi) is 6.69. The highest BCUT2D eigenvalue weighted by atomic mass is 32.2. The lowest BCUT2D eigenvalue weighted by atomic mass is 10.1. The number of hydrogen-bond donors (Lipinski definition) is 0. The second kappa shape index (κ2) is 9.20. The van der Waals surface area contributed by atoms with E-state index in [-0.39, 0.29) is 5.91 Å². The van der Waals surface area contributed by atoms with Gasteiger partial charge in [-0.25, -0.2) is 0 Å². The van der Waals surface area contributed by atoms with Crippen LogP contribution in [0.4, 0.5) is 0 Å². The quantitative estimate of drug-likeness (QED) is 0.451. The summed E-state index contributed by atoms with van der Waals surface area (Å²) in [7, 11) is 0. The standard InChI is InChI=1S/C22H23NO2S2/c1-3-4-12-23-21(24)20(27-22(23)26)14-18-6-5-7-19(13-18)25-15-17-10-8-16(2)9-11-17/h5-11,13-14H,3-4,12,15H2,1-2H3/b20-14+. The first-order chi connectivity index (χ1) is 13.1. The minimum atomic E-state index is 0.00410. The molecule has 1 amide bonds. The summed E-state index contributed by atoms with van der Waals surface area (Å²) < 4.78 is 6.55. The number of thiocarbonyl (C=S) groups is 1. The molecule has 0 aromatic heterocycles. The number of aryl methyl sites for hydroxylation is 1. The molecular formula is C22H23NO2S2. The number of amides is 1. The van der Waals surface area contributed by atoms with Gasteiger partial charge in [0.15, 0.2) is 0 Å². The summed E-state index contributed by atoms with van der Waals surface area (Å²) in [6.07, 6.45) is 3.89. The Bertz CT molecular complexity index is 859. The van der Waals surface area contributed by atoms with E-state index in [0.717, 1.165) is 29.7 Å². The first-order valence-electron chi connectivity index (χ1n) is 9.10. The number of carbonyl (C=O) groups excluding carboxylic acids is 1. The van der Waals surface area contributed by atoms with Crippen molar-refractivity contribution in [1.29, 1.82) is 0 Å². The van der Waals surface area contributed by atoms with Crippen molar-refractivity contribution in [3.8, 4) is 5.75 Å². The van der Waals surface area contributed by atoms with Gasteiger partial charge in [0.25, 0.3) is 5.91 Å². The smallest absolute Gasteiger partial charge is 0.266 e. The number of hydrogen-bond acceptors (Lipinski definition) is 4. The fourth-order valence-corrected chi connectivity index (χ4v) is 4.01. The van der Waals surface area contributed by atoms with Crippen LogP contribution in [0, 0.1) is 6.92 Å². The first kappa shape index (κ1) is 19.6. The third-order valence-corrected chi connectivity index (χ3v) is 5.67. The van der Waals surface area contributed by atoms with E-state index < -0.39 is 0 Å². The van der Waals surface area contributed by atoms with E-state index in [2.05, 4.69) is 38.1 Å². The molecule has 1 aliphatic rings. The summed E-state index contributed by atoms with van der Waals surface area (Å²) in [6, 6.07) is 16.1. The maximum absolute atomic E-state index is 12.6. The number of thioether (sulfide) groups is 1. The largest absolute Gasteiger partial charge is 0.489 e. The number of nitrogens with zero attached hydrogens (tertiary/aromatic N) is 1. The van der Waals surface area contributed by atoms with Crippen molar-refractivity contribution < 1.29 is 9.53 Å². The summed E-state index contributed by atoms with van der Waals surface area (Å²) in [4.78, 5) is 14.9. The van der Waals surface area contributed by atoms with Gasteiger partial charge in [-0.3, -0.25) is 9.69 Å². The molecule has 0 N–H and O–H groups in total. The zero-order valence-corrected chi connectivity index (χ0v) is 17.2. The molecule has 2 aromatic carbocycles. The van der Waals surface area contributed by atoms with Crippen molar-refractivity contribution >= 4 is 40.3 Å². The summed E-state index contributed by atoms with van der Waals surface area (Å²) in [6.45, 7) is 5.38. The number of ether oxygens (including phenoxy) is 1. The normalized spacial score (nSPS) is 15.6. The molecule has 1 aliphatic heterocycles. The molecule has 3 rings (SSSR count).